The number of aliphatic hydroxyl groups excluding tert-OH is 1. The third-order valence-corrected chi connectivity index (χ3v) is 4.72. The number of alkyl carbamates (subject to hydrolysis) is 1. The molecule has 0 aliphatic carbocycles. The number of ether oxygens (including phenoxy) is 2. The molecular weight excluding hydrogens is 360 g/mol. The van der Waals surface area contributed by atoms with Crippen molar-refractivity contribution in [2.75, 3.05) is 13.2 Å². The topological polar surface area (TPSA) is 88.1 Å². The second-order valence-electron chi connectivity index (χ2n) is 10.7. The van der Waals surface area contributed by atoms with Crippen LogP contribution in [0.5, 0.6) is 0 Å². The van der Waals surface area contributed by atoms with Crippen LogP contribution in [0.1, 0.15) is 75.2 Å². The Morgan fingerprint density at radius 2 is 1.68 bits per heavy atom. The molecule has 1 rings (SSSR count). The number of nitrogens with zero attached hydrogens (tertiary/aromatic N) is 1. The lowest BCUT2D eigenvalue weighted by atomic mass is 9.86. The Morgan fingerprint density at radius 1 is 1.14 bits per heavy atom. The standard InChI is InChI=1S/C21H40N2O5/c1-14(22-17(25)27-19(2,3)4)15(12-24)10-16-11-21(8,9)13-23(16)18(26)28-20(5,6)7/h14-16,24H,10-13H2,1-9H3,(H,22,25)/t14-,15?,16?/m1/s1. The fourth-order valence-corrected chi connectivity index (χ4v) is 3.55. The van der Waals surface area contributed by atoms with E-state index in [-0.39, 0.29) is 36.1 Å². The maximum absolute atomic E-state index is 12.7. The highest BCUT2D eigenvalue weighted by Crippen LogP contribution is 2.37. The molecule has 0 bridgehead atoms. The summed E-state index contributed by atoms with van der Waals surface area (Å²) in [4.78, 5) is 26.5. The van der Waals surface area contributed by atoms with E-state index < -0.39 is 17.3 Å². The van der Waals surface area contributed by atoms with Crippen molar-refractivity contribution in [2.24, 2.45) is 11.3 Å². The fourth-order valence-electron chi connectivity index (χ4n) is 3.55. The minimum atomic E-state index is -0.582. The molecule has 7 heteroatoms. The van der Waals surface area contributed by atoms with Crippen LogP contribution in [-0.2, 0) is 9.47 Å². The number of hydrogen-bond donors (Lipinski definition) is 2. The Bertz CT molecular complexity index is 548. The Balaban J connectivity index is 2.81. The van der Waals surface area contributed by atoms with Crippen LogP contribution >= 0.6 is 0 Å². The number of rotatable bonds is 5. The zero-order valence-electron chi connectivity index (χ0n) is 19.1. The quantitative estimate of drug-likeness (QED) is 0.730. The molecule has 0 saturated carbocycles. The Hall–Kier alpha value is -1.50. The van der Waals surface area contributed by atoms with Gasteiger partial charge in [0.15, 0.2) is 0 Å². The van der Waals surface area contributed by atoms with Crippen LogP contribution in [0.4, 0.5) is 9.59 Å². The van der Waals surface area contributed by atoms with Crippen molar-refractivity contribution in [1.82, 2.24) is 10.2 Å². The summed E-state index contributed by atoms with van der Waals surface area (Å²) in [5.41, 5.74) is -1.17. The number of carbonyl (C=O) groups excluding carboxylic acids is 2. The van der Waals surface area contributed by atoms with Gasteiger partial charge in [0, 0.05) is 31.2 Å². The average Bonchev–Trinajstić information content (AvgIpc) is 2.75. The van der Waals surface area contributed by atoms with Crippen molar-refractivity contribution in [3.05, 3.63) is 0 Å². The summed E-state index contributed by atoms with van der Waals surface area (Å²) in [5, 5.41) is 12.7. The van der Waals surface area contributed by atoms with E-state index in [1.165, 1.54) is 0 Å². The summed E-state index contributed by atoms with van der Waals surface area (Å²) in [6.07, 6.45) is 0.569. The van der Waals surface area contributed by atoms with E-state index in [1.54, 1.807) is 25.7 Å². The number of aliphatic hydroxyl groups is 1. The summed E-state index contributed by atoms with van der Waals surface area (Å²) >= 11 is 0. The summed E-state index contributed by atoms with van der Waals surface area (Å²) in [7, 11) is 0. The summed E-state index contributed by atoms with van der Waals surface area (Å²) in [6, 6.07) is -0.339. The second-order valence-corrected chi connectivity index (χ2v) is 10.7. The molecule has 7 nitrogen and oxygen atoms in total. The van der Waals surface area contributed by atoms with Gasteiger partial charge in [-0.1, -0.05) is 13.8 Å². The highest BCUT2D eigenvalue weighted by molar-refractivity contribution is 5.69. The number of carbonyl (C=O) groups is 2. The van der Waals surface area contributed by atoms with Crippen molar-refractivity contribution >= 4 is 12.2 Å². The largest absolute Gasteiger partial charge is 0.444 e. The molecule has 0 aromatic carbocycles. The molecule has 1 saturated heterocycles. The summed E-state index contributed by atoms with van der Waals surface area (Å²) < 4.78 is 10.9. The van der Waals surface area contributed by atoms with Gasteiger partial charge >= 0.3 is 12.2 Å². The van der Waals surface area contributed by atoms with Crippen molar-refractivity contribution in [3.63, 3.8) is 0 Å². The molecule has 1 aliphatic rings. The Morgan fingerprint density at radius 3 is 2.14 bits per heavy atom. The molecular formula is C21H40N2O5. The maximum atomic E-state index is 12.7. The van der Waals surface area contributed by atoms with Crippen LogP contribution in [0.3, 0.4) is 0 Å². The van der Waals surface area contributed by atoms with E-state index in [2.05, 4.69) is 19.2 Å². The Labute approximate surface area is 170 Å². The molecule has 2 N–H and O–H groups in total. The number of likely N-dealkylation sites (tertiary alicyclic amines) is 1. The van der Waals surface area contributed by atoms with Crippen LogP contribution in [0, 0.1) is 11.3 Å². The van der Waals surface area contributed by atoms with Crippen molar-refractivity contribution in [1.29, 1.82) is 0 Å². The molecule has 1 heterocycles. The lowest BCUT2D eigenvalue weighted by molar-refractivity contribution is 0.0173. The van der Waals surface area contributed by atoms with Gasteiger partial charge in [-0.05, 0) is 66.7 Å². The van der Waals surface area contributed by atoms with Gasteiger partial charge in [-0.3, -0.25) is 0 Å². The molecule has 0 radical (unpaired) electrons. The average molecular weight is 401 g/mol. The smallest absolute Gasteiger partial charge is 0.410 e. The van der Waals surface area contributed by atoms with Gasteiger partial charge in [-0.25, -0.2) is 9.59 Å². The Kier molecular flexibility index (Phi) is 7.79. The van der Waals surface area contributed by atoms with E-state index >= 15 is 0 Å². The predicted molar refractivity (Wildman–Crippen MR) is 109 cm³/mol. The van der Waals surface area contributed by atoms with Gasteiger partial charge in [0.1, 0.15) is 11.2 Å². The van der Waals surface area contributed by atoms with Crippen LogP contribution in [0.25, 0.3) is 0 Å². The number of amides is 2. The van der Waals surface area contributed by atoms with Crippen LogP contribution in [-0.4, -0.2) is 58.6 Å². The number of hydrogen-bond acceptors (Lipinski definition) is 5. The highest BCUT2D eigenvalue weighted by Gasteiger charge is 2.43. The van der Waals surface area contributed by atoms with Crippen molar-refractivity contribution < 1.29 is 24.2 Å². The first-order valence-electron chi connectivity index (χ1n) is 10.1. The van der Waals surface area contributed by atoms with E-state index in [1.807, 2.05) is 27.7 Å². The zero-order valence-corrected chi connectivity index (χ0v) is 19.1. The normalized spacial score (nSPS) is 21.8. The molecule has 3 atom stereocenters. The van der Waals surface area contributed by atoms with E-state index in [4.69, 9.17) is 9.47 Å². The molecule has 28 heavy (non-hydrogen) atoms. The summed E-state index contributed by atoms with van der Waals surface area (Å²) in [6.45, 7) is 17.6. The molecule has 164 valence electrons. The highest BCUT2D eigenvalue weighted by atomic mass is 16.6. The maximum Gasteiger partial charge on any atom is 0.410 e. The molecule has 0 spiro atoms. The lowest BCUT2D eigenvalue weighted by Gasteiger charge is -2.32. The molecule has 0 aromatic heterocycles. The van der Waals surface area contributed by atoms with E-state index in [0.29, 0.717) is 13.0 Å². The van der Waals surface area contributed by atoms with Crippen molar-refractivity contribution in [2.45, 2.75) is 98.4 Å². The third-order valence-electron chi connectivity index (χ3n) is 4.72. The van der Waals surface area contributed by atoms with Gasteiger partial charge < -0.3 is 24.8 Å². The first kappa shape index (κ1) is 24.5. The van der Waals surface area contributed by atoms with Crippen LogP contribution in [0.15, 0.2) is 0 Å². The van der Waals surface area contributed by atoms with Gasteiger partial charge in [-0.15, -0.1) is 0 Å². The first-order chi connectivity index (χ1) is 12.5. The van der Waals surface area contributed by atoms with Gasteiger partial charge in [0.2, 0.25) is 0 Å². The zero-order chi connectivity index (χ0) is 21.9. The van der Waals surface area contributed by atoms with Gasteiger partial charge in [0.05, 0.1) is 0 Å². The van der Waals surface area contributed by atoms with Crippen LogP contribution in [0.2, 0.25) is 0 Å². The SMILES string of the molecule is C[C@@H](NC(=O)OC(C)(C)C)C(CO)CC1CC(C)(C)CN1C(=O)OC(C)(C)C. The third kappa shape index (κ3) is 8.25. The molecule has 2 unspecified atom stereocenters. The van der Waals surface area contributed by atoms with E-state index in [9.17, 15) is 14.7 Å². The lowest BCUT2D eigenvalue weighted by Crippen LogP contribution is -2.46. The summed E-state index contributed by atoms with van der Waals surface area (Å²) in [5.74, 6) is -0.198. The number of nitrogens with one attached hydrogen (secondary N) is 1. The van der Waals surface area contributed by atoms with Gasteiger partial charge in [0.25, 0.3) is 0 Å². The van der Waals surface area contributed by atoms with Gasteiger partial charge in [-0.2, -0.15) is 0 Å². The van der Waals surface area contributed by atoms with Crippen LogP contribution < -0.4 is 5.32 Å². The van der Waals surface area contributed by atoms with E-state index in [0.717, 1.165) is 6.42 Å². The minimum Gasteiger partial charge on any atom is -0.444 e. The predicted octanol–water partition coefficient (Wildman–Crippen LogP) is 3.93. The first-order valence-corrected chi connectivity index (χ1v) is 10.1. The fraction of sp³-hybridized carbons (Fsp3) is 0.905. The van der Waals surface area contributed by atoms with Crippen molar-refractivity contribution in [3.8, 4) is 0 Å². The molecule has 1 aliphatic heterocycles. The monoisotopic (exact) mass is 400 g/mol. The molecule has 2 amide bonds. The molecule has 0 aromatic rings. The minimum absolute atomic E-state index is 0.0244. The molecule has 1 fully saturated rings. The second kappa shape index (κ2) is 8.89.